The summed E-state index contributed by atoms with van der Waals surface area (Å²) < 4.78 is 36.9. The first kappa shape index (κ1) is 14.2. The lowest BCUT2D eigenvalue weighted by atomic mass is 10.2. The van der Waals surface area contributed by atoms with Gasteiger partial charge in [0.15, 0.2) is 0 Å². The van der Waals surface area contributed by atoms with Crippen LogP contribution >= 0.6 is 11.8 Å². The number of hydrogen-bond donors (Lipinski definition) is 1. The predicted octanol–water partition coefficient (Wildman–Crippen LogP) is 3.65. The summed E-state index contributed by atoms with van der Waals surface area (Å²) >= 11 is 1.77. The normalized spacial score (nSPS) is 13.5. The van der Waals surface area contributed by atoms with Gasteiger partial charge < -0.3 is 5.32 Å². The van der Waals surface area contributed by atoms with Crippen molar-refractivity contribution < 1.29 is 13.2 Å². The van der Waals surface area contributed by atoms with E-state index in [4.69, 9.17) is 0 Å². The van der Waals surface area contributed by atoms with E-state index < -0.39 is 11.7 Å². The third-order valence-corrected chi connectivity index (χ3v) is 3.20. The molecule has 0 radical (unpaired) electrons. The van der Waals surface area contributed by atoms with Crippen LogP contribution in [0.2, 0.25) is 0 Å². The Bertz CT molecular complexity index is 338. The van der Waals surface area contributed by atoms with Gasteiger partial charge in [-0.2, -0.15) is 24.9 Å². The third-order valence-electron chi connectivity index (χ3n) is 2.06. The number of anilines is 1. The number of thioether (sulfide) groups is 1. The SMILES string of the molecule is CCSCC(C)Nc1ccc(C(F)(F)F)cn1. The van der Waals surface area contributed by atoms with Crippen LogP contribution in [0, 0.1) is 0 Å². The van der Waals surface area contributed by atoms with E-state index in [2.05, 4.69) is 17.2 Å². The molecule has 0 aliphatic carbocycles. The number of nitrogens with zero attached hydrogens (tertiary/aromatic N) is 1. The maximum Gasteiger partial charge on any atom is 0.417 e. The molecule has 0 bridgehead atoms. The molecule has 17 heavy (non-hydrogen) atoms. The Hall–Kier alpha value is -0.910. The molecule has 0 saturated carbocycles. The van der Waals surface area contributed by atoms with Crippen LogP contribution in [0.15, 0.2) is 18.3 Å². The fourth-order valence-electron chi connectivity index (χ4n) is 1.24. The Balaban J connectivity index is 2.56. The highest BCUT2D eigenvalue weighted by atomic mass is 32.2. The van der Waals surface area contributed by atoms with E-state index in [0.29, 0.717) is 5.82 Å². The summed E-state index contributed by atoms with van der Waals surface area (Å²) in [5.41, 5.74) is -0.723. The highest BCUT2D eigenvalue weighted by Crippen LogP contribution is 2.28. The fourth-order valence-corrected chi connectivity index (χ4v) is 1.91. The molecule has 1 heterocycles. The van der Waals surface area contributed by atoms with E-state index in [1.54, 1.807) is 11.8 Å². The minimum atomic E-state index is -4.32. The second kappa shape index (κ2) is 6.14. The number of halogens is 3. The number of nitrogens with one attached hydrogen (secondary N) is 1. The Morgan fingerprint density at radius 2 is 2.12 bits per heavy atom. The summed E-state index contributed by atoms with van der Waals surface area (Å²) in [5, 5.41) is 3.06. The van der Waals surface area contributed by atoms with E-state index in [1.165, 1.54) is 6.07 Å². The van der Waals surface area contributed by atoms with E-state index in [9.17, 15) is 13.2 Å². The first-order chi connectivity index (χ1) is 7.93. The van der Waals surface area contributed by atoms with Crippen LogP contribution in [-0.2, 0) is 6.18 Å². The van der Waals surface area contributed by atoms with E-state index in [0.717, 1.165) is 23.8 Å². The first-order valence-electron chi connectivity index (χ1n) is 5.31. The lowest BCUT2D eigenvalue weighted by molar-refractivity contribution is -0.137. The molecule has 6 heteroatoms. The van der Waals surface area contributed by atoms with Gasteiger partial charge in [0.25, 0.3) is 0 Å². The van der Waals surface area contributed by atoms with Crippen LogP contribution in [0.3, 0.4) is 0 Å². The Labute approximate surface area is 103 Å². The van der Waals surface area contributed by atoms with Crippen molar-refractivity contribution in [1.29, 1.82) is 0 Å². The summed E-state index contributed by atoms with van der Waals surface area (Å²) in [4.78, 5) is 3.75. The number of pyridine rings is 1. The monoisotopic (exact) mass is 264 g/mol. The van der Waals surface area contributed by atoms with E-state index in [-0.39, 0.29) is 6.04 Å². The summed E-state index contributed by atoms with van der Waals surface area (Å²) in [5.74, 6) is 2.40. The van der Waals surface area contributed by atoms with Gasteiger partial charge in [0.2, 0.25) is 0 Å². The summed E-state index contributed by atoms with van der Waals surface area (Å²) in [6, 6.07) is 2.58. The van der Waals surface area contributed by atoms with Crippen molar-refractivity contribution >= 4 is 17.6 Å². The van der Waals surface area contributed by atoms with Gasteiger partial charge in [-0.05, 0) is 24.8 Å². The molecule has 1 atom stereocenters. The smallest absolute Gasteiger partial charge is 0.367 e. The van der Waals surface area contributed by atoms with Gasteiger partial charge in [-0.1, -0.05) is 6.92 Å². The van der Waals surface area contributed by atoms with Crippen LogP contribution in [-0.4, -0.2) is 22.5 Å². The maximum atomic E-state index is 12.3. The van der Waals surface area contributed by atoms with Crippen LogP contribution in [0.25, 0.3) is 0 Å². The lowest BCUT2D eigenvalue weighted by Gasteiger charge is -2.14. The quantitative estimate of drug-likeness (QED) is 0.878. The molecule has 1 rings (SSSR count). The van der Waals surface area contributed by atoms with Crippen molar-refractivity contribution in [3.8, 4) is 0 Å². The van der Waals surface area contributed by atoms with Gasteiger partial charge in [0, 0.05) is 18.0 Å². The molecule has 0 saturated heterocycles. The minimum Gasteiger partial charge on any atom is -0.367 e. The second-order valence-electron chi connectivity index (χ2n) is 3.63. The van der Waals surface area contributed by atoms with Gasteiger partial charge in [-0.25, -0.2) is 4.98 Å². The molecule has 2 nitrogen and oxygen atoms in total. The molecule has 0 fully saturated rings. The zero-order chi connectivity index (χ0) is 12.9. The topological polar surface area (TPSA) is 24.9 Å². The minimum absolute atomic E-state index is 0.184. The molecular formula is C11H15F3N2S. The summed E-state index contributed by atoms with van der Waals surface area (Å²) in [6.07, 6.45) is -3.47. The van der Waals surface area contributed by atoms with Gasteiger partial charge >= 0.3 is 6.18 Å². The van der Waals surface area contributed by atoms with Gasteiger partial charge in [0.05, 0.1) is 5.56 Å². The number of rotatable bonds is 5. The largest absolute Gasteiger partial charge is 0.417 e. The average Bonchev–Trinajstić information content (AvgIpc) is 2.26. The Morgan fingerprint density at radius 3 is 2.59 bits per heavy atom. The molecule has 0 aliphatic heterocycles. The molecule has 1 N–H and O–H groups in total. The predicted molar refractivity (Wildman–Crippen MR) is 65.3 cm³/mol. The molecule has 1 unspecified atom stereocenters. The van der Waals surface area contributed by atoms with E-state index in [1.807, 2.05) is 6.92 Å². The number of hydrogen-bond acceptors (Lipinski definition) is 3. The van der Waals surface area contributed by atoms with Crippen LogP contribution in [0.1, 0.15) is 19.4 Å². The van der Waals surface area contributed by atoms with Crippen molar-refractivity contribution in [3.63, 3.8) is 0 Å². The second-order valence-corrected chi connectivity index (χ2v) is 4.95. The summed E-state index contributed by atoms with van der Waals surface area (Å²) in [7, 11) is 0. The van der Waals surface area contributed by atoms with Crippen LogP contribution in [0.5, 0.6) is 0 Å². The average molecular weight is 264 g/mol. The maximum absolute atomic E-state index is 12.3. The molecule has 0 amide bonds. The van der Waals surface area contributed by atoms with Gasteiger partial charge in [0.1, 0.15) is 5.82 Å². The molecule has 1 aromatic rings. The standard InChI is InChI=1S/C11H15F3N2S/c1-3-17-7-8(2)16-10-5-4-9(6-15-10)11(12,13)14/h4-6,8H,3,7H2,1-2H3,(H,15,16). The fraction of sp³-hybridized carbons (Fsp3) is 0.545. The number of alkyl halides is 3. The third kappa shape index (κ3) is 4.85. The zero-order valence-corrected chi connectivity index (χ0v) is 10.5. The summed E-state index contributed by atoms with van der Waals surface area (Å²) in [6.45, 7) is 4.04. The Morgan fingerprint density at radius 1 is 1.41 bits per heavy atom. The highest BCUT2D eigenvalue weighted by Gasteiger charge is 2.30. The van der Waals surface area contributed by atoms with Crippen LogP contribution < -0.4 is 5.32 Å². The molecule has 96 valence electrons. The van der Waals surface area contributed by atoms with Gasteiger partial charge in [-0.15, -0.1) is 0 Å². The molecule has 0 aromatic carbocycles. The Kier molecular flexibility index (Phi) is 5.11. The lowest BCUT2D eigenvalue weighted by Crippen LogP contribution is -2.19. The van der Waals surface area contributed by atoms with Crippen molar-refractivity contribution in [2.24, 2.45) is 0 Å². The molecule has 1 aromatic heterocycles. The number of aromatic nitrogens is 1. The van der Waals surface area contributed by atoms with Crippen LogP contribution in [0.4, 0.5) is 19.0 Å². The van der Waals surface area contributed by atoms with Crippen molar-refractivity contribution in [2.45, 2.75) is 26.1 Å². The van der Waals surface area contributed by atoms with Crippen molar-refractivity contribution in [3.05, 3.63) is 23.9 Å². The first-order valence-corrected chi connectivity index (χ1v) is 6.46. The van der Waals surface area contributed by atoms with Crippen molar-refractivity contribution in [2.75, 3.05) is 16.8 Å². The van der Waals surface area contributed by atoms with Gasteiger partial charge in [-0.3, -0.25) is 0 Å². The molecule has 0 aliphatic rings. The molecular weight excluding hydrogens is 249 g/mol. The zero-order valence-electron chi connectivity index (χ0n) is 9.71. The molecule has 0 spiro atoms. The van der Waals surface area contributed by atoms with E-state index >= 15 is 0 Å². The highest BCUT2D eigenvalue weighted by molar-refractivity contribution is 7.99. The van der Waals surface area contributed by atoms with Crippen molar-refractivity contribution in [1.82, 2.24) is 4.98 Å².